The van der Waals surface area contributed by atoms with Crippen LogP contribution in [0.15, 0.2) is 41.5 Å². The van der Waals surface area contributed by atoms with Crippen LogP contribution in [0.3, 0.4) is 0 Å². The maximum Gasteiger partial charge on any atom is 0.211 e. The zero-order chi connectivity index (χ0) is 15.9. The van der Waals surface area contributed by atoms with Crippen LogP contribution in [0.2, 0.25) is 0 Å². The zero-order valence-corrected chi connectivity index (χ0v) is 12.2. The molecule has 0 amide bonds. The molecule has 1 saturated carbocycles. The van der Waals surface area contributed by atoms with Crippen molar-refractivity contribution >= 4 is 0 Å². The minimum absolute atomic E-state index is 0.101. The number of hydrogen-bond acceptors (Lipinski definition) is 4. The molecule has 1 aliphatic carbocycles. The Bertz CT molecular complexity index is 637. The molecular formula is C17H17N3O2. The highest BCUT2D eigenvalue weighted by atomic mass is 16.6. The molecule has 0 saturated heterocycles. The lowest BCUT2D eigenvalue weighted by Gasteiger charge is -2.31. The highest BCUT2D eigenvalue weighted by molar-refractivity contribution is 5.43. The molecule has 0 N–H and O–H groups in total. The first kappa shape index (κ1) is 15.7. The van der Waals surface area contributed by atoms with Crippen molar-refractivity contribution in [1.29, 1.82) is 10.5 Å². The van der Waals surface area contributed by atoms with Gasteiger partial charge in [-0.2, -0.15) is 10.5 Å². The van der Waals surface area contributed by atoms with Crippen molar-refractivity contribution in [2.45, 2.75) is 31.6 Å². The normalized spacial score (nSPS) is 18.8. The van der Waals surface area contributed by atoms with Gasteiger partial charge in [0.05, 0.1) is 5.92 Å². The standard InChI is InChI=1S/C17H17N3O2/c18-10-14(11-19)15-8-4-5-9-16(15)17(12-20(21)22)13-6-2-1-3-7-13/h1-3,6-7,16-17H,4-5,8-9,12H2. The lowest BCUT2D eigenvalue weighted by Crippen LogP contribution is -2.25. The number of allylic oxidation sites excluding steroid dienone is 2. The van der Waals surface area contributed by atoms with Gasteiger partial charge in [0.1, 0.15) is 17.7 Å². The summed E-state index contributed by atoms with van der Waals surface area (Å²) in [5.41, 5.74) is 1.83. The first-order chi connectivity index (χ1) is 10.7. The van der Waals surface area contributed by atoms with Gasteiger partial charge in [-0.3, -0.25) is 10.1 Å². The number of benzene rings is 1. The molecule has 0 aromatic heterocycles. The average Bonchev–Trinajstić information content (AvgIpc) is 2.55. The molecule has 0 aliphatic heterocycles. The molecular weight excluding hydrogens is 278 g/mol. The van der Waals surface area contributed by atoms with Crippen molar-refractivity contribution in [3.05, 3.63) is 57.2 Å². The Morgan fingerprint density at radius 1 is 1.27 bits per heavy atom. The van der Waals surface area contributed by atoms with E-state index in [1.165, 1.54) is 0 Å². The number of hydrogen-bond donors (Lipinski definition) is 0. The highest BCUT2D eigenvalue weighted by Gasteiger charge is 2.33. The van der Waals surface area contributed by atoms with Gasteiger partial charge in [-0.25, -0.2) is 0 Å². The molecule has 1 aliphatic rings. The lowest BCUT2D eigenvalue weighted by atomic mass is 9.72. The molecule has 112 valence electrons. The summed E-state index contributed by atoms with van der Waals surface area (Å²) in [6.45, 7) is -0.178. The maximum atomic E-state index is 11.1. The van der Waals surface area contributed by atoms with Gasteiger partial charge in [0, 0.05) is 4.92 Å². The van der Waals surface area contributed by atoms with Crippen molar-refractivity contribution in [2.24, 2.45) is 5.92 Å². The summed E-state index contributed by atoms with van der Waals surface area (Å²) < 4.78 is 0. The van der Waals surface area contributed by atoms with Gasteiger partial charge < -0.3 is 0 Å². The highest BCUT2D eigenvalue weighted by Crippen LogP contribution is 2.41. The summed E-state index contributed by atoms with van der Waals surface area (Å²) in [5.74, 6) is -0.390. The SMILES string of the molecule is N#CC(C#N)=C1CCCCC1C(C[N+](=O)[O-])c1ccccc1. The summed E-state index contributed by atoms with van der Waals surface area (Å²) in [7, 11) is 0. The number of nitrogens with zero attached hydrogens (tertiary/aromatic N) is 3. The van der Waals surface area contributed by atoms with E-state index in [-0.39, 0.29) is 28.9 Å². The van der Waals surface area contributed by atoms with Crippen molar-refractivity contribution in [2.75, 3.05) is 6.54 Å². The minimum Gasteiger partial charge on any atom is -0.265 e. The first-order valence-electron chi connectivity index (χ1n) is 7.37. The van der Waals surface area contributed by atoms with Gasteiger partial charge in [0.25, 0.3) is 0 Å². The van der Waals surface area contributed by atoms with E-state index in [9.17, 15) is 10.1 Å². The zero-order valence-electron chi connectivity index (χ0n) is 12.2. The predicted molar refractivity (Wildman–Crippen MR) is 81.3 cm³/mol. The fraction of sp³-hybridized carbons (Fsp3) is 0.412. The molecule has 2 atom stereocenters. The van der Waals surface area contributed by atoms with Crippen molar-refractivity contribution < 1.29 is 4.92 Å². The van der Waals surface area contributed by atoms with Crippen molar-refractivity contribution in [1.82, 2.24) is 0 Å². The van der Waals surface area contributed by atoms with Gasteiger partial charge in [0.15, 0.2) is 0 Å². The largest absolute Gasteiger partial charge is 0.265 e. The molecule has 22 heavy (non-hydrogen) atoms. The van der Waals surface area contributed by atoms with Crippen LogP contribution in [0.4, 0.5) is 0 Å². The van der Waals surface area contributed by atoms with E-state index in [2.05, 4.69) is 0 Å². The molecule has 2 unspecified atom stereocenters. The number of nitro groups is 1. The van der Waals surface area contributed by atoms with Crippen LogP contribution in [0.1, 0.15) is 37.2 Å². The fourth-order valence-corrected chi connectivity index (χ4v) is 3.29. The molecule has 5 nitrogen and oxygen atoms in total. The van der Waals surface area contributed by atoms with Gasteiger partial charge in [-0.1, -0.05) is 36.8 Å². The van der Waals surface area contributed by atoms with E-state index < -0.39 is 0 Å². The third-order valence-electron chi connectivity index (χ3n) is 4.26. The second kappa shape index (κ2) is 7.38. The Labute approximate surface area is 129 Å². The second-order valence-corrected chi connectivity index (χ2v) is 5.51. The first-order valence-corrected chi connectivity index (χ1v) is 7.37. The van der Waals surface area contributed by atoms with E-state index >= 15 is 0 Å². The molecule has 2 rings (SSSR count). The molecule has 0 spiro atoms. The van der Waals surface area contributed by atoms with E-state index in [1.807, 2.05) is 42.5 Å². The van der Waals surface area contributed by atoms with Gasteiger partial charge >= 0.3 is 0 Å². The van der Waals surface area contributed by atoms with Crippen LogP contribution in [0, 0.1) is 38.7 Å². The Hall–Kier alpha value is -2.66. The van der Waals surface area contributed by atoms with Crippen molar-refractivity contribution in [3.8, 4) is 12.1 Å². The van der Waals surface area contributed by atoms with Gasteiger partial charge in [-0.05, 0) is 36.3 Å². The summed E-state index contributed by atoms with van der Waals surface area (Å²) in [4.78, 5) is 10.8. The van der Waals surface area contributed by atoms with E-state index in [1.54, 1.807) is 0 Å². The van der Waals surface area contributed by atoms with Crippen molar-refractivity contribution in [3.63, 3.8) is 0 Å². The Kier molecular flexibility index (Phi) is 5.27. The molecule has 0 heterocycles. The molecule has 1 aromatic carbocycles. The van der Waals surface area contributed by atoms with Crippen LogP contribution in [0.25, 0.3) is 0 Å². The van der Waals surface area contributed by atoms with Crippen LogP contribution < -0.4 is 0 Å². The third-order valence-corrected chi connectivity index (χ3v) is 4.26. The van der Waals surface area contributed by atoms with E-state index in [0.29, 0.717) is 6.42 Å². The average molecular weight is 295 g/mol. The Morgan fingerprint density at radius 3 is 2.55 bits per heavy atom. The fourth-order valence-electron chi connectivity index (χ4n) is 3.29. The molecule has 1 aromatic rings. The smallest absolute Gasteiger partial charge is 0.211 e. The third kappa shape index (κ3) is 3.51. The van der Waals surface area contributed by atoms with Crippen LogP contribution in [0.5, 0.6) is 0 Å². The molecule has 0 bridgehead atoms. The predicted octanol–water partition coefficient (Wildman–Crippen LogP) is 3.58. The minimum atomic E-state index is -0.303. The summed E-state index contributed by atoms with van der Waals surface area (Å²) in [6.07, 6.45) is 3.37. The lowest BCUT2D eigenvalue weighted by molar-refractivity contribution is -0.484. The van der Waals surface area contributed by atoms with E-state index in [4.69, 9.17) is 10.5 Å². The quantitative estimate of drug-likeness (QED) is 0.482. The van der Waals surface area contributed by atoms with Crippen LogP contribution in [-0.4, -0.2) is 11.5 Å². The summed E-state index contributed by atoms with van der Waals surface area (Å²) in [5, 5.41) is 29.4. The number of rotatable bonds is 4. The second-order valence-electron chi connectivity index (χ2n) is 5.51. The topological polar surface area (TPSA) is 90.7 Å². The number of nitriles is 2. The van der Waals surface area contributed by atoms with Crippen LogP contribution in [-0.2, 0) is 0 Å². The Morgan fingerprint density at radius 2 is 1.95 bits per heavy atom. The molecule has 5 heteroatoms. The molecule has 1 fully saturated rings. The Balaban J connectivity index is 2.45. The van der Waals surface area contributed by atoms with Crippen LogP contribution >= 0.6 is 0 Å². The monoisotopic (exact) mass is 295 g/mol. The molecule has 0 radical (unpaired) electrons. The van der Waals surface area contributed by atoms with Gasteiger partial charge in [-0.15, -0.1) is 0 Å². The van der Waals surface area contributed by atoms with Gasteiger partial charge in [0.2, 0.25) is 6.54 Å². The summed E-state index contributed by atoms with van der Waals surface area (Å²) in [6, 6.07) is 13.3. The van der Waals surface area contributed by atoms with E-state index in [0.717, 1.165) is 30.4 Å². The maximum absolute atomic E-state index is 11.1. The summed E-state index contributed by atoms with van der Waals surface area (Å²) >= 11 is 0.